The molecule has 0 aliphatic rings. The molecule has 2 rings (SSSR count). The highest BCUT2D eigenvalue weighted by molar-refractivity contribution is 9.10. The van der Waals surface area contributed by atoms with E-state index in [0.717, 1.165) is 10.2 Å². The standard InChI is InChI=1S/C17H20BrNS/c1-11-8-12(2)17(13(3)9-11)16(19)10-20-15-6-4-14(18)5-7-15/h4-9,16H,10,19H2,1-3H3. The van der Waals surface area contributed by atoms with Crippen LogP contribution in [0.15, 0.2) is 45.8 Å². The maximum absolute atomic E-state index is 6.39. The molecule has 0 amide bonds. The Hall–Kier alpha value is -0.770. The largest absolute Gasteiger partial charge is 0.323 e. The van der Waals surface area contributed by atoms with Crippen LogP contribution < -0.4 is 5.73 Å². The molecule has 2 aromatic carbocycles. The van der Waals surface area contributed by atoms with Crippen LogP contribution in [-0.2, 0) is 0 Å². The smallest absolute Gasteiger partial charge is 0.0395 e. The lowest BCUT2D eigenvalue weighted by atomic mass is 9.95. The molecule has 0 spiro atoms. The minimum absolute atomic E-state index is 0.0734. The van der Waals surface area contributed by atoms with Gasteiger partial charge >= 0.3 is 0 Å². The zero-order valence-corrected chi connectivity index (χ0v) is 14.5. The molecule has 0 heterocycles. The van der Waals surface area contributed by atoms with Crippen LogP contribution in [0, 0.1) is 20.8 Å². The molecular weight excluding hydrogens is 330 g/mol. The average Bonchev–Trinajstić information content (AvgIpc) is 2.37. The molecule has 20 heavy (non-hydrogen) atoms. The summed E-state index contributed by atoms with van der Waals surface area (Å²) in [5.74, 6) is 0.895. The van der Waals surface area contributed by atoms with E-state index in [1.54, 1.807) is 0 Å². The second-order valence-electron chi connectivity index (χ2n) is 5.18. The SMILES string of the molecule is Cc1cc(C)c(C(N)CSc2ccc(Br)cc2)c(C)c1. The van der Waals surface area contributed by atoms with Crippen LogP contribution in [0.3, 0.4) is 0 Å². The van der Waals surface area contributed by atoms with Gasteiger partial charge in [0.1, 0.15) is 0 Å². The molecule has 3 heteroatoms. The van der Waals surface area contributed by atoms with Gasteiger partial charge < -0.3 is 5.73 Å². The monoisotopic (exact) mass is 349 g/mol. The first-order valence-corrected chi connectivity index (χ1v) is 8.47. The van der Waals surface area contributed by atoms with Crippen molar-refractivity contribution in [2.45, 2.75) is 31.7 Å². The van der Waals surface area contributed by atoms with Crippen LogP contribution in [-0.4, -0.2) is 5.75 Å². The number of rotatable bonds is 4. The fourth-order valence-corrected chi connectivity index (χ4v) is 3.71. The summed E-state index contributed by atoms with van der Waals surface area (Å²) < 4.78 is 1.11. The Morgan fingerprint density at radius 2 is 1.60 bits per heavy atom. The van der Waals surface area contributed by atoms with Crippen molar-refractivity contribution < 1.29 is 0 Å². The van der Waals surface area contributed by atoms with Crippen molar-refractivity contribution >= 4 is 27.7 Å². The number of halogens is 1. The number of aryl methyl sites for hydroxylation is 3. The van der Waals surface area contributed by atoms with Crippen molar-refractivity contribution in [3.63, 3.8) is 0 Å². The van der Waals surface area contributed by atoms with Gasteiger partial charge in [0.05, 0.1) is 0 Å². The van der Waals surface area contributed by atoms with Crippen LogP contribution >= 0.6 is 27.7 Å². The minimum atomic E-state index is 0.0734. The average molecular weight is 350 g/mol. The van der Waals surface area contributed by atoms with Crippen LogP contribution in [0.2, 0.25) is 0 Å². The lowest BCUT2D eigenvalue weighted by Gasteiger charge is -2.18. The first-order valence-electron chi connectivity index (χ1n) is 6.69. The molecule has 1 nitrogen and oxygen atoms in total. The topological polar surface area (TPSA) is 26.0 Å². The van der Waals surface area contributed by atoms with E-state index in [1.807, 2.05) is 11.8 Å². The van der Waals surface area contributed by atoms with Gasteiger partial charge in [-0.05, 0) is 61.7 Å². The molecule has 1 atom stereocenters. The second-order valence-corrected chi connectivity index (χ2v) is 7.19. The highest BCUT2D eigenvalue weighted by Crippen LogP contribution is 2.28. The Morgan fingerprint density at radius 3 is 2.15 bits per heavy atom. The first kappa shape index (κ1) is 15.6. The molecule has 1 unspecified atom stereocenters. The van der Waals surface area contributed by atoms with E-state index >= 15 is 0 Å². The van der Waals surface area contributed by atoms with Crippen molar-refractivity contribution in [2.75, 3.05) is 5.75 Å². The van der Waals surface area contributed by atoms with E-state index in [0.29, 0.717) is 0 Å². The molecule has 0 bridgehead atoms. The Balaban J connectivity index is 2.09. The second kappa shape index (κ2) is 6.79. The molecule has 2 aromatic rings. The maximum atomic E-state index is 6.39. The van der Waals surface area contributed by atoms with E-state index < -0.39 is 0 Å². The van der Waals surface area contributed by atoms with Crippen molar-refractivity contribution in [1.82, 2.24) is 0 Å². The predicted octanol–water partition coefficient (Wildman–Crippen LogP) is 5.17. The molecule has 106 valence electrons. The van der Waals surface area contributed by atoms with Gasteiger partial charge in [-0.1, -0.05) is 33.6 Å². The third-order valence-electron chi connectivity index (χ3n) is 3.35. The summed E-state index contributed by atoms with van der Waals surface area (Å²) in [7, 11) is 0. The molecule has 0 saturated carbocycles. The summed E-state index contributed by atoms with van der Waals surface area (Å²) in [6.07, 6.45) is 0. The van der Waals surface area contributed by atoms with Gasteiger partial charge in [-0.15, -0.1) is 11.8 Å². The van der Waals surface area contributed by atoms with E-state index in [4.69, 9.17) is 5.73 Å². The molecule has 0 aliphatic heterocycles. The van der Waals surface area contributed by atoms with E-state index in [2.05, 4.69) is 73.1 Å². The van der Waals surface area contributed by atoms with Gasteiger partial charge in [0.2, 0.25) is 0 Å². The molecule has 0 radical (unpaired) electrons. The van der Waals surface area contributed by atoms with Crippen LogP contribution in [0.1, 0.15) is 28.3 Å². The number of hydrogen-bond acceptors (Lipinski definition) is 2. The van der Waals surface area contributed by atoms with Crippen molar-refractivity contribution in [1.29, 1.82) is 0 Å². The van der Waals surface area contributed by atoms with Gasteiger partial charge in [0.25, 0.3) is 0 Å². The molecule has 0 aromatic heterocycles. The van der Waals surface area contributed by atoms with Crippen molar-refractivity contribution in [3.8, 4) is 0 Å². The Bertz CT molecular complexity index is 569. The fourth-order valence-electron chi connectivity index (χ4n) is 2.58. The maximum Gasteiger partial charge on any atom is 0.0395 e. The fraction of sp³-hybridized carbons (Fsp3) is 0.294. The van der Waals surface area contributed by atoms with E-state index in [9.17, 15) is 0 Å². The first-order chi connectivity index (χ1) is 9.47. The van der Waals surface area contributed by atoms with Crippen molar-refractivity contribution in [3.05, 3.63) is 63.1 Å². The van der Waals surface area contributed by atoms with Gasteiger partial charge in [-0.3, -0.25) is 0 Å². The third kappa shape index (κ3) is 3.87. The highest BCUT2D eigenvalue weighted by atomic mass is 79.9. The third-order valence-corrected chi connectivity index (χ3v) is 5.01. The minimum Gasteiger partial charge on any atom is -0.323 e. The molecule has 2 N–H and O–H groups in total. The van der Waals surface area contributed by atoms with Gasteiger partial charge in [0.15, 0.2) is 0 Å². The lowest BCUT2D eigenvalue weighted by Crippen LogP contribution is -2.16. The number of benzene rings is 2. The summed E-state index contributed by atoms with van der Waals surface area (Å²) in [5, 5.41) is 0. The zero-order chi connectivity index (χ0) is 14.7. The van der Waals surface area contributed by atoms with Gasteiger partial charge in [-0.25, -0.2) is 0 Å². The van der Waals surface area contributed by atoms with Crippen LogP contribution in [0.5, 0.6) is 0 Å². The van der Waals surface area contributed by atoms with Crippen LogP contribution in [0.4, 0.5) is 0 Å². The number of thioether (sulfide) groups is 1. The Kier molecular flexibility index (Phi) is 5.30. The molecule has 0 aliphatic carbocycles. The Morgan fingerprint density at radius 1 is 1.05 bits per heavy atom. The summed E-state index contributed by atoms with van der Waals surface area (Å²) in [5.41, 5.74) is 11.6. The summed E-state index contributed by atoms with van der Waals surface area (Å²) >= 11 is 5.26. The zero-order valence-electron chi connectivity index (χ0n) is 12.1. The molecule has 0 fully saturated rings. The van der Waals surface area contributed by atoms with Gasteiger partial charge in [-0.2, -0.15) is 0 Å². The normalized spacial score (nSPS) is 12.4. The quantitative estimate of drug-likeness (QED) is 0.770. The summed E-state index contributed by atoms with van der Waals surface area (Å²) in [4.78, 5) is 1.26. The summed E-state index contributed by atoms with van der Waals surface area (Å²) in [6, 6.07) is 12.9. The van der Waals surface area contributed by atoms with Crippen LogP contribution in [0.25, 0.3) is 0 Å². The lowest BCUT2D eigenvalue weighted by molar-refractivity contribution is 0.813. The van der Waals surface area contributed by atoms with E-state index in [-0.39, 0.29) is 6.04 Å². The number of nitrogens with two attached hydrogens (primary N) is 1. The highest BCUT2D eigenvalue weighted by Gasteiger charge is 2.12. The van der Waals surface area contributed by atoms with Gasteiger partial charge in [0, 0.05) is 21.2 Å². The number of hydrogen-bond donors (Lipinski definition) is 1. The Labute approximate surface area is 134 Å². The van der Waals surface area contributed by atoms with Crippen molar-refractivity contribution in [2.24, 2.45) is 5.73 Å². The predicted molar refractivity (Wildman–Crippen MR) is 92.4 cm³/mol. The molecule has 0 saturated heterocycles. The van der Waals surface area contributed by atoms with E-state index in [1.165, 1.54) is 27.1 Å². The molecular formula is C17H20BrNS. The summed E-state index contributed by atoms with van der Waals surface area (Å²) in [6.45, 7) is 6.44.